The molecule has 0 N–H and O–H groups in total. The van der Waals surface area contributed by atoms with Crippen molar-refractivity contribution in [2.24, 2.45) is 0 Å². The number of carbonyl (C=O) groups excluding carboxylic acids is 3. The van der Waals surface area contributed by atoms with Crippen molar-refractivity contribution >= 4 is 35.2 Å². The topological polar surface area (TPSA) is 144 Å². The molecule has 1 amide bonds. The third kappa shape index (κ3) is 5.91. The van der Waals surface area contributed by atoms with Crippen LogP contribution in [0.3, 0.4) is 0 Å². The van der Waals surface area contributed by atoms with Crippen molar-refractivity contribution in [1.29, 1.82) is 0 Å². The van der Waals surface area contributed by atoms with Crippen LogP contribution in [0.1, 0.15) is 87.5 Å². The molecule has 4 atom stereocenters. The first-order valence-corrected chi connectivity index (χ1v) is 14.9. The first-order chi connectivity index (χ1) is 20.9. The van der Waals surface area contributed by atoms with E-state index in [0.29, 0.717) is 17.2 Å². The third-order valence-corrected chi connectivity index (χ3v) is 7.82. The fraction of sp³-hybridized carbons (Fsp3) is 0.548. The quantitative estimate of drug-likeness (QED) is 0.275. The van der Waals surface area contributed by atoms with Gasteiger partial charge in [-0.2, -0.15) is 5.10 Å². The van der Waals surface area contributed by atoms with Crippen LogP contribution >= 0.6 is 0 Å². The lowest BCUT2D eigenvalue weighted by atomic mass is 10.1. The number of amides is 1. The molecule has 2 saturated heterocycles. The molecule has 2 aliphatic heterocycles. The second-order valence-electron chi connectivity index (χ2n) is 12.7. The number of aldehydes is 1. The Morgan fingerprint density at radius 3 is 2.48 bits per heavy atom. The van der Waals surface area contributed by atoms with Gasteiger partial charge in [0.15, 0.2) is 35.6 Å². The van der Waals surface area contributed by atoms with Gasteiger partial charge in [0.1, 0.15) is 30.5 Å². The Hall–Kier alpha value is -3.94. The molecule has 0 bridgehead atoms. The number of nitrogens with zero attached hydrogens (tertiary/aromatic N) is 5. The Balaban J connectivity index is 1.35. The van der Waals surface area contributed by atoms with E-state index in [2.05, 4.69) is 15.1 Å². The fourth-order valence-corrected chi connectivity index (χ4v) is 6.04. The predicted octanol–water partition coefficient (Wildman–Crippen LogP) is 4.60. The molecular formula is C31H37N5O8. The van der Waals surface area contributed by atoms with E-state index in [-0.39, 0.29) is 29.9 Å². The molecule has 4 heterocycles. The number of ether oxygens (including phenoxy) is 5. The molecule has 1 aromatic carbocycles. The summed E-state index contributed by atoms with van der Waals surface area (Å²) in [6.45, 7) is 8.90. The largest absolute Gasteiger partial charge is 0.459 e. The highest BCUT2D eigenvalue weighted by molar-refractivity contribution is 5.98. The van der Waals surface area contributed by atoms with Crippen molar-refractivity contribution in [2.75, 3.05) is 11.5 Å². The molecule has 3 aliphatic rings. The summed E-state index contributed by atoms with van der Waals surface area (Å²) in [6.07, 6.45) is 2.25. The Morgan fingerprint density at radius 1 is 1.09 bits per heavy atom. The Kier molecular flexibility index (Phi) is 7.89. The van der Waals surface area contributed by atoms with Crippen LogP contribution in [0.2, 0.25) is 0 Å². The monoisotopic (exact) mass is 607 g/mol. The van der Waals surface area contributed by atoms with Gasteiger partial charge in [0.05, 0.1) is 17.1 Å². The second kappa shape index (κ2) is 11.5. The number of anilines is 1. The number of carbonyl (C=O) groups is 3. The molecule has 44 heavy (non-hydrogen) atoms. The lowest BCUT2D eigenvalue weighted by Crippen LogP contribution is -2.43. The maximum absolute atomic E-state index is 13.6. The summed E-state index contributed by atoms with van der Waals surface area (Å²) in [5.74, 6) is -1.30. The summed E-state index contributed by atoms with van der Waals surface area (Å²) in [4.78, 5) is 48.8. The molecule has 1 saturated carbocycles. The average molecular weight is 608 g/mol. The molecule has 3 fully saturated rings. The van der Waals surface area contributed by atoms with E-state index in [1.165, 1.54) is 9.58 Å². The van der Waals surface area contributed by atoms with Gasteiger partial charge in [-0.15, -0.1) is 0 Å². The second-order valence-corrected chi connectivity index (χ2v) is 12.7. The van der Waals surface area contributed by atoms with Crippen molar-refractivity contribution < 1.29 is 38.1 Å². The zero-order valence-corrected chi connectivity index (χ0v) is 25.5. The smallest absolute Gasteiger partial charge is 0.416 e. The molecule has 13 heteroatoms. The molecule has 0 spiro atoms. The van der Waals surface area contributed by atoms with Crippen LogP contribution in [0.5, 0.6) is 0 Å². The average Bonchev–Trinajstić information content (AvgIpc) is 3.76. The van der Waals surface area contributed by atoms with E-state index in [0.717, 1.165) is 25.7 Å². The SMILES string of the molecule is CC(C)(C)OC(=O)N(c1nc(C=O)nc2c1cnn2[C@@H]1O[C@H](COC(=O)c2ccccc2)[C@H]2OC(C)(C)O[C@H]21)C1CCCC1. The number of esters is 1. The Bertz CT molecular complexity index is 1550. The van der Waals surface area contributed by atoms with E-state index in [1.807, 2.05) is 6.07 Å². The lowest BCUT2D eigenvalue weighted by Gasteiger charge is -2.31. The summed E-state index contributed by atoms with van der Waals surface area (Å²) >= 11 is 0. The van der Waals surface area contributed by atoms with Gasteiger partial charge in [0.2, 0.25) is 0 Å². The van der Waals surface area contributed by atoms with Crippen LogP contribution < -0.4 is 4.90 Å². The number of benzene rings is 1. The minimum atomic E-state index is -0.938. The number of hydrogen-bond donors (Lipinski definition) is 0. The van der Waals surface area contributed by atoms with E-state index in [4.69, 9.17) is 23.7 Å². The highest BCUT2D eigenvalue weighted by atomic mass is 16.8. The van der Waals surface area contributed by atoms with Crippen LogP contribution in [0, 0.1) is 0 Å². The number of fused-ring (bicyclic) bond motifs is 2. The number of aromatic nitrogens is 4. The van der Waals surface area contributed by atoms with Gasteiger partial charge in [-0.3, -0.25) is 9.69 Å². The highest BCUT2D eigenvalue weighted by Gasteiger charge is 2.57. The molecule has 2 aromatic heterocycles. The van der Waals surface area contributed by atoms with Gasteiger partial charge in [0.25, 0.3) is 0 Å². The van der Waals surface area contributed by atoms with Crippen molar-refractivity contribution in [1.82, 2.24) is 19.7 Å². The fourth-order valence-electron chi connectivity index (χ4n) is 6.04. The van der Waals surface area contributed by atoms with E-state index in [1.54, 1.807) is 65.1 Å². The summed E-state index contributed by atoms with van der Waals surface area (Å²) in [6, 6.07) is 8.52. The van der Waals surface area contributed by atoms with Gasteiger partial charge in [-0.25, -0.2) is 24.2 Å². The summed E-state index contributed by atoms with van der Waals surface area (Å²) in [7, 11) is 0. The molecule has 3 aromatic rings. The normalized spacial score (nSPS) is 24.8. The van der Waals surface area contributed by atoms with Crippen LogP contribution in [0.4, 0.5) is 10.6 Å². The van der Waals surface area contributed by atoms with Crippen molar-refractivity contribution in [2.45, 2.75) is 102 Å². The van der Waals surface area contributed by atoms with Gasteiger partial charge in [-0.05, 0) is 59.6 Å². The minimum absolute atomic E-state index is 0.0854. The van der Waals surface area contributed by atoms with Crippen LogP contribution in [-0.4, -0.2) is 80.4 Å². The summed E-state index contributed by atoms with van der Waals surface area (Å²) in [5, 5.41) is 5.04. The van der Waals surface area contributed by atoms with Crippen LogP contribution in [-0.2, 0) is 23.7 Å². The van der Waals surface area contributed by atoms with Gasteiger partial charge in [-0.1, -0.05) is 31.0 Å². The predicted molar refractivity (Wildman–Crippen MR) is 156 cm³/mol. The molecule has 6 rings (SSSR count). The first-order valence-electron chi connectivity index (χ1n) is 14.9. The highest BCUT2D eigenvalue weighted by Crippen LogP contribution is 2.44. The van der Waals surface area contributed by atoms with Gasteiger partial charge in [0, 0.05) is 6.04 Å². The van der Waals surface area contributed by atoms with Crippen molar-refractivity contribution in [3.05, 3.63) is 47.9 Å². The first kappa shape index (κ1) is 30.1. The maximum atomic E-state index is 13.6. The van der Waals surface area contributed by atoms with Crippen molar-refractivity contribution in [3.63, 3.8) is 0 Å². The molecule has 0 radical (unpaired) electrons. The Labute approximate surface area is 254 Å². The van der Waals surface area contributed by atoms with Crippen molar-refractivity contribution in [3.8, 4) is 0 Å². The van der Waals surface area contributed by atoms with Gasteiger partial charge < -0.3 is 23.7 Å². The molecule has 234 valence electrons. The van der Waals surface area contributed by atoms with E-state index >= 15 is 0 Å². The van der Waals surface area contributed by atoms with Crippen LogP contribution in [0.15, 0.2) is 36.5 Å². The zero-order chi connectivity index (χ0) is 31.2. The van der Waals surface area contributed by atoms with Crippen LogP contribution in [0.25, 0.3) is 11.0 Å². The lowest BCUT2D eigenvalue weighted by molar-refractivity contribution is -0.201. The maximum Gasteiger partial charge on any atom is 0.416 e. The Morgan fingerprint density at radius 2 is 1.80 bits per heavy atom. The molecule has 13 nitrogen and oxygen atoms in total. The molecular weight excluding hydrogens is 570 g/mol. The number of rotatable bonds is 7. The van der Waals surface area contributed by atoms with E-state index in [9.17, 15) is 14.4 Å². The van der Waals surface area contributed by atoms with E-state index < -0.39 is 48.0 Å². The summed E-state index contributed by atoms with van der Waals surface area (Å²) in [5.41, 5.74) is -0.0404. The molecule has 0 unspecified atom stereocenters. The molecule has 1 aliphatic carbocycles. The minimum Gasteiger partial charge on any atom is -0.459 e. The summed E-state index contributed by atoms with van der Waals surface area (Å²) < 4.78 is 31.7. The standard InChI is InChI=1S/C31H37N5O8/c1-30(2,3)44-29(39)35(19-13-9-10-14-19)25-20-15-32-36(26(20)34-22(16-37)33-25)27-24-23(42-31(4,5)43-24)21(41-27)17-40-28(38)18-11-7-6-8-12-18/h6-8,11-12,15-16,19,21,23-24,27H,9-10,13-14,17H2,1-5H3/t21-,23-,24-,27-/m1/s1. The number of hydrogen-bond acceptors (Lipinski definition) is 11. The zero-order valence-electron chi connectivity index (χ0n) is 25.5. The van der Waals surface area contributed by atoms with Gasteiger partial charge >= 0.3 is 12.1 Å². The third-order valence-electron chi connectivity index (χ3n) is 7.82.